The van der Waals surface area contributed by atoms with Crippen molar-refractivity contribution in [2.75, 3.05) is 13.7 Å². The summed E-state index contributed by atoms with van der Waals surface area (Å²) in [5.74, 6) is 0.0207. The number of methoxy groups -OCH3 is 1. The molecule has 1 aliphatic rings. The van der Waals surface area contributed by atoms with Gasteiger partial charge in [0.15, 0.2) is 0 Å². The molecule has 36 heavy (non-hydrogen) atoms. The van der Waals surface area contributed by atoms with Crippen LogP contribution in [0.3, 0.4) is 0 Å². The molecule has 1 atom stereocenters. The molecule has 0 aliphatic carbocycles. The van der Waals surface area contributed by atoms with Crippen molar-refractivity contribution in [3.63, 3.8) is 0 Å². The molecule has 0 spiro atoms. The lowest BCUT2D eigenvalue weighted by Crippen LogP contribution is -2.29. The summed E-state index contributed by atoms with van der Waals surface area (Å²) in [6.45, 7) is 8.65. The maximum absolute atomic E-state index is 13.3. The van der Waals surface area contributed by atoms with Crippen LogP contribution in [0.2, 0.25) is 0 Å². The lowest BCUT2D eigenvalue weighted by Gasteiger charge is -2.24. The first-order valence-electron chi connectivity index (χ1n) is 11.9. The second kappa shape index (κ2) is 9.93. The molecule has 1 amide bonds. The zero-order valence-electron chi connectivity index (χ0n) is 21.2. The second-order valence-electron chi connectivity index (χ2n) is 9.69. The van der Waals surface area contributed by atoms with Gasteiger partial charge in [0.1, 0.15) is 29.1 Å². The van der Waals surface area contributed by atoms with Crippen LogP contribution in [0.15, 0.2) is 70.9 Å². The predicted molar refractivity (Wildman–Crippen MR) is 136 cm³/mol. The summed E-state index contributed by atoms with van der Waals surface area (Å²) in [5, 5.41) is 11.4. The van der Waals surface area contributed by atoms with Crippen molar-refractivity contribution in [1.82, 2.24) is 4.90 Å². The van der Waals surface area contributed by atoms with Gasteiger partial charge < -0.3 is 23.9 Å². The number of carbonyl (C=O) groups excluding carboxylic acids is 2. The number of benzene rings is 2. The number of furan rings is 1. The summed E-state index contributed by atoms with van der Waals surface area (Å²) in [6, 6.07) is 15.1. The van der Waals surface area contributed by atoms with Crippen LogP contribution in [0.25, 0.3) is 5.76 Å². The topological polar surface area (TPSA) is 89.2 Å². The van der Waals surface area contributed by atoms with Crippen molar-refractivity contribution >= 4 is 17.4 Å². The Morgan fingerprint density at radius 1 is 1.08 bits per heavy atom. The Labute approximate surface area is 210 Å². The largest absolute Gasteiger partial charge is 0.507 e. The van der Waals surface area contributed by atoms with Gasteiger partial charge in [-0.3, -0.25) is 9.59 Å². The molecular formula is C29H31NO6. The standard InChI is InChI=1S/C29H31NO6/c1-6-35-20-10-7-9-18(15-20)17-30-25(23-11-8-14-36-23)24(27(32)28(30)33)26(31)19-12-13-22(34-5)21(16-19)29(2,3)4/h7-16,25,31H,6,17H2,1-5H3/b26-24-. The van der Waals surface area contributed by atoms with Gasteiger partial charge in [-0.25, -0.2) is 0 Å². The first-order chi connectivity index (χ1) is 17.2. The molecule has 0 saturated carbocycles. The Morgan fingerprint density at radius 2 is 1.86 bits per heavy atom. The lowest BCUT2D eigenvalue weighted by molar-refractivity contribution is -0.140. The molecule has 3 aromatic rings. The number of amides is 1. The third-order valence-corrected chi connectivity index (χ3v) is 6.20. The monoisotopic (exact) mass is 489 g/mol. The fourth-order valence-corrected chi connectivity index (χ4v) is 4.48. The van der Waals surface area contributed by atoms with Crippen LogP contribution in [0.1, 0.15) is 56.2 Å². The second-order valence-corrected chi connectivity index (χ2v) is 9.69. The highest BCUT2D eigenvalue weighted by Crippen LogP contribution is 2.42. The van der Waals surface area contributed by atoms with E-state index in [9.17, 15) is 14.7 Å². The molecule has 4 rings (SSSR count). The van der Waals surface area contributed by atoms with E-state index in [-0.39, 0.29) is 23.3 Å². The number of likely N-dealkylation sites (tertiary alicyclic amines) is 1. The number of aliphatic hydroxyl groups excluding tert-OH is 1. The van der Waals surface area contributed by atoms with Crippen molar-refractivity contribution in [2.24, 2.45) is 0 Å². The average Bonchev–Trinajstić information content (AvgIpc) is 3.46. The Morgan fingerprint density at radius 3 is 2.50 bits per heavy atom. The van der Waals surface area contributed by atoms with Gasteiger partial charge in [-0.2, -0.15) is 0 Å². The molecule has 1 aromatic heterocycles. The number of ketones is 1. The van der Waals surface area contributed by atoms with E-state index < -0.39 is 17.7 Å². The van der Waals surface area contributed by atoms with E-state index in [1.165, 1.54) is 11.2 Å². The zero-order chi connectivity index (χ0) is 26.0. The summed E-state index contributed by atoms with van der Waals surface area (Å²) in [6.07, 6.45) is 1.48. The third-order valence-electron chi connectivity index (χ3n) is 6.20. The van der Waals surface area contributed by atoms with Crippen molar-refractivity contribution in [2.45, 2.75) is 45.7 Å². The van der Waals surface area contributed by atoms with E-state index in [4.69, 9.17) is 13.9 Å². The van der Waals surface area contributed by atoms with E-state index in [1.54, 1.807) is 37.4 Å². The number of rotatable bonds is 7. The molecular weight excluding hydrogens is 458 g/mol. The lowest BCUT2D eigenvalue weighted by atomic mass is 9.84. The van der Waals surface area contributed by atoms with Crippen LogP contribution in [-0.2, 0) is 21.5 Å². The molecule has 1 aliphatic heterocycles. The number of aliphatic hydroxyl groups is 1. The van der Waals surface area contributed by atoms with Crippen LogP contribution >= 0.6 is 0 Å². The molecule has 1 N–H and O–H groups in total. The molecule has 7 heteroatoms. The Bertz CT molecular complexity index is 1300. The first-order valence-corrected chi connectivity index (χ1v) is 11.9. The van der Waals surface area contributed by atoms with E-state index in [1.807, 2.05) is 52.0 Å². The van der Waals surface area contributed by atoms with Crippen LogP contribution in [0.5, 0.6) is 11.5 Å². The molecule has 0 radical (unpaired) electrons. The van der Waals surface area contributed by atoms with E-state index >= 15 is 0 Å². The summed E-state index contributed by atoms with van der Waals surface area (Å²) in [7, 11) is 1.59. The Kier molecular flexibility index (Phi) is 6.93. The first kappa shape index (κ1) is 25.1. The van der Waals surface area contributed by atoms with E-state index in [0.29, 0.717) is 29.4 Å². The van der Waals surface area contributed by atoms with Gasteiger partial charge >= 0.3 is 0 Å². The van der Waals surface area contributed by atoms with Crippen molar-refractivity contribution < 1.29 is 28.6 Å². The highest BCUT2D eigenvalue weighted by molar-refractivity contribution is 6.46. The minimum atomic E-state index is -0.879. The van der Waals surface area contributed by atoms with Crippen LogP contribution in [0, 0.1) is 0 Å². The van der Waals surface area contributed by atoms with Gasteiger partial charge in [-0.15, -0.1) is 0 Å². The SMILES string of the molecule is CCOc1cccc(CN2C(=O)C(=O)/C(=C(\O)c3ccc(OC)c(C(C)(C)C)c3)C2c2ccco2)c1. The molecule has 2 aromatic carbocycles. The highest BCUT2D eigenvalue weighted by Gasteiger charge is 2.47. The Hall–Kier alpha value is -4.00. The van der Waals surface area contributed by atoms with Crippen LogP contribution < -0.4 is 9.47 Å². The fourth-order valence-electron chi connectivity index (χ4n) is 4.48. The predicted octanol–water partition coefficient (Wildman–Crippen LogP) is 5.61. The number of hydrogen-bond acceptors (Lipinski definition) is 6. The number of carbonyl (C=O) groups is 2. The summed E-state index contributed by atoms with van der Waals surface area (Å²) >= 11 is 0. The van der Waals surface area contributed by atoms with Gasteiger partial charge in [-0.05, 0) is 60.4 Å². The van der Waals surface area contributed by atoms with Crippen LogP contribution in [-0.4, -0.2) is 35.4 Å². The van der Waals surface area contributed by atoms with Gasteiger partial charge in [0, 0.05) is 17.7 Å². The number of ether oxygens (including phenoxy) is 2. The minimum Gasteiger partial charge on any atom is -0.507 e. The Balaban J connectivity index is 1.82. The highest BCUT2D eigenvalue weighted by atomic mass is 16.5. The zero-order valence-corrected chi connectivity index (χ0v) is 21.2. The van der Waals surface area contributed by atoms with Gasteiger partial charge in [0.05, 0.1) is 25.6 Å². The number of nitrogens with zero attached hydrogens (tertiary/aromatic N) is 1. The maximum atomic E-state index is 13.3. The van der Waals surface area contributed by atoms with Gasteiger partial charge in [0.2, 0.25) is 0 Å². The molecule has 7 nitrogen and oxygen atoms in total. The third kappa shape index (κ3) is 4.73. The fraction of sp³-hybridized carbons (Fsp3) is 0.310. The molecule has 0 bridgehead atoms. The summed E-state index contributed by atoms with van der Waals surface area (Å²) < 4.78 is 16.7. The van der Waals surface area contributed by atoms with Crippen molar-refractivity contribution in [3.05, 3.63) is 88.9 Å². The van der Waals surface area contributed by atoms with E-state index in [2.05, 4.69) is 0 Å². The molecule has 1 fully saturated rings. The molecule has 2 heterocycles. The smallest absolute Gasteiger partial charge is 0.296 e. The molecule has 1 unspecified atom stereocenters. The van der Waals surface area contributed by atoms with Crippen LogP contribution in [0.4, 0.5) is 0 Å². The quantitative estimate of drug-likeness (QED) is 0.264. The number of hydrogen-bond donors (Lipinski definition) is 1. The normalized spacial score (nSPS) is 17.5. The number of Topliss-reactive ketones (excluding diaryl/α,β-unsaturated/α-hetero) is 1. The summed E-state index contributed by atoms with van der Waals surface area (Å²) in [5.41, 5.74) is 1.79. The van der Waals surface area contributed by atoms with Gasteiger partial charge in [-0.1, -0.05) is 32.9 Å². The average molecular weight is 490 g/mol. The maximum Gasteiger partial charge on any atom is 0.296 e. The van der Waals surface area contributed by atoms with E-state index in [0.717, 1.165) is 11.1 Å². The van der Waals surface area contributed by atoms with Crippen molar-refractivity contribution in [1.29, 1.82) is 0 Å². The summed E-state index contributed by atoms with van der Waals surface area (Å²) in [4.78, 5) is 28.0. The van der Waals surface area contributed by atoms with Crippen molar-refractivity contribution in [3.8, 4) is 11.5 Å². The van der Waals surface area contributed by atoms with Gasteiger partial charge in [0.25, 0.3) is 11.7 Å². The molecule has 188 valence electrons. The minimum absolute atomic E-state index is 0.0130. The molecule has 1 saturated heterocycles.